The maximum atomic E-state index is 13.6. The third-order valence-electron chi connectivity index (χ3n) is 8.56. The monoisotopic (exact) mass is 399 g/mol. The van der Waals surface area contributed by atoms with Crippen molar-refractivity contribution in [2.45, 2.75) is 56.0 Å². The van der Waals surface area contributed by atoms with Crippen LogP contribution in [0.3, 0.4) is 0 Å². The number of rotatable bonds is 1. The molecule has 6 aliphatic heterocycles. The van der Waals surface area contributed by atoms with Crippen molar-refractivity contribution >= 4 is 11.6 Å². The van der Waals surface area contributed by atoms with Crippen LogP contribution in [0.25, 0.3) is 0 Å². The Labute approximate surface area is 169 Å². The van der Waals surface area contributed by atoms with Crippen LogP contribution in [0.4, 0.5) is 0 Å². The number of piperazine rings is 1. The highest BCUT2D eigenvalue weighted by molar-refractivity contribution is 6.25. The molecule has 0 aromatic carbocycles. The maximum absolute atomic E-state index is 13.6. The molecule has 7 rings (SSSR count). The fraction of sp³-hybridized carbons (Fsp3) is 0.714. The van der Waals surface area contributed by atoms with Gasteiger partial charge in [0.15, 0.2) is 11.5 Å². The smallest absolute Gasteiger partial charge is 0.226 e. The van der Waals surface area contributed by atoms with Gasteiger partial charge in [0.05, 0.1) is 38.4 Å². The van der Waals surface area contributed by atoms with Crippen LogP contribution >= 0.6 is 0 Å². The highest BCUT2D eigenvalue weighted by Gasteiger charge is 2.70. The number of carbonyl (C=O) groups is 2. The zero-order valence-electron chi connectivity index (χ0n) is 16.8. The van der Waals surface area contributed by atoms with Crippen LogP contribution in [0, 0.1) is 5.92 Å². The first-order valence-electron chi connectivity index (χ1n) is 10.6. The lowest BCUT2D eigenvalue weighted by atomic mass is 9.70. The first kappa shape index (κ1) is 17.1. The SMILES string of the molecule is COC1=C(C)C(=O)C2=C(C1=O)[C@@H]1CO[C@@H]3[C@H]4C[C@@H]5[C@H]([C@H]([C@@H]2N2CCO[C@H]52)N31)N4C. The van der Waals surface area contributed by atoms with Gasteiger partial charge in [-0.2, -0.15) is 0 Å². The minimum absolute atomic E-state index is 0.00929. The van der Waals surface area contributed by atoms with E-state index in [-0.39, 0.29) is 47.9 Å². The van der Waals surface area contributed by atoms with E-state index in [2.05, 4.69) is 21.7 Å². The predicted molar refractivity (Wildman–Crippen MR) is 99.6 cm³/mol. The van der Waals surface area contributed by atoms with Crippen LogP contribution in [0.5, 0.6) is 0 Å². The van der Waals surface area contributed by atoms with E-state index in [0.29, 0.717) is 47.9 Å². The van der Waals surface area contributed by atoms with Crippen LogP contribution in [0.2, 0.25) is 0 Å². The third kappa shape index (κ3) is 1.73. The standard InChI is InChI=1S/C21H25N3O5/c1-8-17(25)13-12(18(26)19(8)27-3)11-7-29-21-10-6-9-14(22(10)2)16(24(11)21)15(13)23-4-5-28-20(9)23/h9-11,14-16,20-21H,4-7H2,1-3H3/t9-,10-,11+,14-,15-,16-,20-,21-/m1/s1. The molecule has 8 atom stereocenters. The van der Waals surface area contributed by atoms with Crippen LogP contribution in [-0.4, -0.2) is 103 Å². The first-order chi connectivity index (χ1) is 14.0. The van der Waals surface area contributed by atoms with E-state index in [1.165, 1.54) is 7.11 Å². The average Bonchev–Trinajstić information content (AvgIpc) is 3.40. The molecule has 0 amide bonds. The zero-order chi connectivity index (χ0) is 19.8. The van der Waals surface area contributed by atoms with Crippen molar-refractivity contribution in [2.24, 2.45) is 5.92 Å². The lowest BCUT2D eigenvalue weighted by molar-refractivity contribution is -0.157. The minimum atomic E-state index is -0.163. The molecule has 0 aromatic heterocycles. The summed E-state index contributed by atoms with van der Waals surface area (Å²) >= 11 is 0. The topological polar surface area (TPSA) is 71.5 Å². The zero-order valence-corrected chi connectivity index (χ0v) is 16.8. The Kier molecular flexibility index (Phi) is 3.17. The molecule has 6 heterocycles. The number of ketones is 2. The highest BCUT2D eigenvalue weighted by Crippen LogP contribution is 2.56. The molecule has 5 fully saturated rings. The number of carbonyl (C=O) groups excluding carboxylic acids is 2. The van der Waals surface area contributed by atoms with Gasteiger partial charge >= 0.3 is 0 Å². The molecule has 1 aliphatic carbocycles. The van der Waals surface area contributed by atoms with Crippen molar-refractivity contribution in [2.75, 3.05) is 33.9 Å². The Bertz CT molecular complexity index is 927. The summed E-state index contributed by atoms with van der Waals surface area (Å²) in [5.41, 5.74) is 1.71. The molecule has 0 aromatic rings. The summed E-state index contributed by atoms with van der Waals surface area (Å²) < 4.78 is 17.9. The normalized spacial score (nSPS) is 48.5. The number of methoxy groups -OCH3 is 1. The van der Waals surface area contributed by atoms with E-state index < -0.39 is 0 Å². The Morgan fingerprint density at radius 3 is 2.69 bits per heavy atom. The number of piperidine rings is 1. The van der Waals surface area contributed by atoms with Gasteiger partial charge in [-0.3, -0.25) is 24.3 Å². The van der Waals surface area contributed by atoms with E-state index >= 15 is 0 Å². The van der Waals surface area contributed by atoms with Gasteiger partial charge in [-0.25, -0.2) is 0 Å². The van der Waals surface area contributed by atoms with Gasteiger partial charge in [-0.05, 0) is 20.4 Å². The molecular weight excluding hydrogens is 374 g/mol. The summed E-state index contributed by atoms with van der Waals surface area (Å²) in [5, 5.41) is 0. The number of likely N-dealkylation sites (N-methyl/N-ethyl adjacent to an activating group) is 1. The van der Waals surface area contributed by atoms with Crippen LogP contribution in [0.1, 0.15) is 13.3 Å². The Morgan fingerprint density at radius 1 is 1.07 bits per heavy atom. The van der Waals surface area contributed by atoms with Gasteiger partial charge in [0.2, 0.25) is 5.78 Å². The van der Waals surface area contributed by atoms with E-state index in [9.17, 15) is 9.59 Å². The van der Waals surface area contributed by atoms with Crippen LogP contribution in [-0.2, 0) is 23.8 Å². The molecule has 29 heavy (non-hydrogen) atoms. The number of hydrogen-bond acceptors (Lipinski definition) is 8. The van der Waals surface area contributed by atoms with E-state index in [4.69, 9.17) is 14.2 Å². The van der Waals surface area contributed by atoms with Crippen molar-refractivity contribution in [1.82, 2.24) is 14.7 Å². The highest BCUT2D eigenvalue weighted by atomic mass is 16.5. The van der Waals surface area contributed by atoms with E-state index in [1.54, 1.807) is 6.92 Å². The summed E-state index contributed by atoms with van der Waals surface area (Å²) in [5.74, 6) is 0.413. The quantitative estimate of drug-likeness (QED) is 0.547. The van der Waals surface area contributed by atoms with Gasteiger partial charge in [0.25, 0.3) is 0 Å². The Morgan fingerprint density at radius 2 is 1.90 bits per heavy atom. The fourth-order valence-electron chi connectivity index (χ4n) is 7.60. The number of nitrogens with zero attached hydrogens (tertiary/aromatic N) is 3. The number of Topliss-reactive ketones (excluding diaryl/α,β-unsaturated/α-hetero) is 2. The second kappa shape index (κ2) is 5.36. The molecule has 0 spiro atoms. The molecule has 8 nitrogen and oxygen atoms in total. The van der Waals surface area contributed by atoms with Crippen molar-refractivity contribution in [3.63, 3.8) is 0 Å². The molecule has 154 valence electrons. The minimum Gasteiger partial charge on any atom is -0.492 e. The molecule has 5 saturated heterocycles. The second-order valence-electron chi connectivity index (χ2n) is 9.39. The molecule has 0 saturated carbocycles. The largest absolute Gasteiger partial charge is 0.492 e. The van der Waals surface area contributed by atoms with Gasteiger partial charge in [-0.1, -0.05) is 0 Å². The fourth-order valence-corrected chi connectivity index (χ4v) is 7.60. The molecule has 7 aliphatic rings. The van der Waals surface area contributed by atoms with E-state index in [0.717, 1.165) is 13.0 Å². The summed E-state index contributed by atoms with van der Waals surface area (Å²) in [6.07, 6.45) is 1.01. The van der Waals surface area contributed by atoms with Gasteiger partial charge in [0.1, 0.15) is 12.5 Å². The van der Waals surface area contributed by atoms with Crippen molar-refractivity contribution < 1.29 is 23.8 Å². The van der Waals surface area contributed by atoms with Gasteiger partial charge < -0.3 is 14.2 Å². The van der Waals surface area contributed by atoms with Crippen molar-refractivity contribution in [1.29, 1.82) is 0 Å². The number of fused-ring (bicyclic) bond motifs is 7. The second-order valence-corrected chi connectivity index (χ2v) is 9.39. The molecule has 0 unspecified atom stereocenters. The first-order valence-corrected chi connectivity index (χ1v) is 10.6. The third-order valence-corrected chi connectivity index (χ3v) is 8.56. The van der Waals surface area contributed by atoms with E-state index in [1.807, 2.05) is 0 Å². The van der Waals surface area contributed by atoms with Crippen molar-refractivity contribution in [3.05, 3.63) is 22.5 Å². The summed E-state index contributed by atoms with van der Waals surface area (Å²) in [4.78, 5) is 34.4. The van der Waals surface area contributed by atoms with Crippen LogP contribution < -0.4 is 0 Å². The number of ether oxygens (including phenoxy) is 3. The molecule has 0 N–H and O–H groups in total. The Balaban J connectivity index is 1.49. The number of allylic oxidation sites excluding steroid dienone is 2. The average molecular weight is 399 g/mol. The predicted octanol–water partition coefficient (Wildman–Crippen LogP) is -0.493. The van der Waals surface area contributed by atoms with Gasteiger partial charge in [0, 0.05) is 41.3 Å². The van der Waals surface area contributed by atoms with Gasteiger partial charge in [-0.15, -0.1) is 0 Å². The summed E-state index contributed by atoms with van der Waals surface area (Å²) in [6, 6.07) is 0.460. The maximum Gasteiger partial charge on any atom is 0.226 e. The molecule has 2 bridgehead atoms. The molecular formula is C21H25N3O5. The van der Waals surface area contributed by atoms with Crippen LogP contribution in [0.15, 0.2) is 22.5 Å². The van der Waals surface area contributed by atoms with Crippen molar-refractivity contribution in [3.8, 4) is 0 Å². The number of hydrogen-bond donors (Lipinski definition) is 0. The summed E-state index contributed by atoms with van der Waals surface area (Å²) in [6.45, 7) is 3.65. The Hall–Kier alpha value is -1.58. The molecule has 0 radical (unpaired) electrons. The lowest BCUT2D eigenvalue weighted by Crippen LogP contribution is -2.76. The molecule has 8 heteroatoms. The summed E-state index contributed by atoms with van der Waals surface area (Å²) in [7, 11) is 3.66. The lowest BCUT2D eigenvalue weighted by Gasteiger charge is -2.60.